The number of hydrogen-bond acceptors (Lipinski definition) is 13. The number of phenolic OH excluding ortho intramolecular Hbond substituents is 1. The number of benzene rings is 4. The molecular formula is C60H61F4N9O6. The SMILES string of the molecule is C#Cc1c(F)ccc2cc(O)cc(-c3ncc4c(N5CC6CCC(C5)N6)nc(OCCN5CCC(COc6cc([C@H](C(=O)N7CCC[C@H]7C(=O)N[C@@H](C)c7ccc(-c8c(F)cccc8F)cc7)C(C)C)on6)CC5)nc4c3F)c12. The van der Waals surface area contributed by atoms with E-state index >= 15 is 8.78 Å². The van der Waals surface area contributed by atoms with Gasteiger partial charge in [0, 0.05) is 61.5 Å². The lowest BCUT2D eigenvalue weighted by atomic mass is 9.91. The maximum absolute atomic E-state index is 17.1. The predicted molar refractivity (Wildman–Crippen MR) is 289 cm³/mol. The van der Waals surface area contributed by atoms with E-state index in [1.54, 1.807) is 35.2 Å². The van der Waals surface area contributed by atoms with Crippen LogP contribution < -0.4 is 25.0 Å². The Bertz CT molecular complexity index is 3440. The van der Waals surface area contributed by atoms with Gasteiger partial charge in [-0.1, -0.05) is 56.2 Å². The Morgan fingerprint density at radius 2 is 1.65 bits per heavy atom. The normalized spacial score (nSPS) is 19.5. The van der Waals surface area contributed by atoms with Crippen LogP contribution in [0.3, 0.4) is 0 Å². The zero-order chi connectivity index (χ0) is 55.1. The van der Waals surface area contributed by atoms with Gasteiger partial charge in [-0.05, 0) is 122 Å². The van der Waals surface area contributed by atoms with Crippen molar-refractivity contribution in [2.75, 3.05) is 57.4 Å². The Morgan fingerprint density at radius 1 is 0.899 bits per heavy atom. The summed E-state index contributed by atoms with van der Waals surface area (Å²) in [7, 11) is 0. The molecule has 19 heteroatoms. The van der Waals surface area contributed by atoms with Crippen molar-refractivity contribution in [3.8, 4) is 52.4 Å². The van der Waals surface area contributed by atoms with Crippen molar-refractivity contribution in [1.29, 1.82) is 0 Å². The molecule has 0 spiro atoms. The van der Waals surface area contributed by atoms with Crippen LogP contribution in [0.1, 0.15) is 88.1 Å². The van der Waals surface area contributed by atoms with Crippen LogP contribution in [0.15, 0.2) is 83.5 Å². The van der Waals surface area contributed by atoms with E-state index in [9.17, 15) is 23.5 Å². The quantitative estimate of drug-likeness (QED) is 0.0618. The number of nitrogens with zero attached hydrogens (tertiary/aromatic N) is 7. The number of terminal acetylenes is 1. The first kappa shape index (κ1) is 53.2. The Balaban J connectivity index is 0.698. The van der Waals surface area contributed by atoms with E-state index in [2.05, 4.69) is 41.5 Å². The van der Waals surface area contributed by atoms with E-state index < -0.39 is 41.3 Å². The summed E-state index contributed by atoms with van der Waals surface area (Å²) in [5.74, 6) is -0.558. The van der Waals surface area contributed by atoms with Gasteiger partial charge >= 0.3 is 6.01 Å². The number of hydrogen-bond donors (Lipinski definition) is 3. The zero-order valence-electron chi connectivity index (χ0n) is 44.2. The highest BCUT2D eigenvalue weighted by Crippen LogP contribution is 2.40. The zero-order valence-corrected chi connectivity index (χ0v) is 44.2. The first-order valence-corrected chi connectivity index (χ1v) is 27.1. The summed E-state index contributed by atoms with van der Waals surface area (Å²) in [4.78, 5) is 48.0. The Hall–Kier alpha value is -7.82. The van der Waals surface area contributed by atoms with Crippen LogP contribution in [0.25, 0.3) is 44.1 Å². The molecule has 0 saturated carbocycles. The monoisotopic (exact) mass is 1080 g/mol. The van der Waals surface area contributed by atoms with Gasteiger partial charge in [0.15, 0.2) is 11.6 Å². The molecule has 11 rings (SSSR count). The number of likely N-dealkylation sites (tertiary alicyclic amines) is 2. The highest BCUT2D eigenvalue weighted by atomic mass is 19.1. The predicted octanol–water partition coefficient (Wildman–Crippen LogP) is 9.46. The molecular weight excluding hydrogens is 1020 g/mol. The molecule has 4 fully saturated rings. The van der Waals surface area contributed by atoms with Crippen LogP contribution in [0.4, 0.5) is 23.4 Å². The molecule has 0 radical (unpaired) electrons. The minimum absolute atomic E-state index is 0.0110. The number of fused-ring (bicyclic) bond motifs is 4. The molecule has 4 saturated heterocycles. The molecule has 0 aliphatic carbocycles. The molecule has 2 unspecified atom stereocenters. The lowest BCUT2D eigenvalue weighted by molar-refractivity contribution is -0.141. The van der Waals surface area contributed by atoms with E-state index in [4.69, 9.17) is 25.4 Å². The number of aromatic hydroxyl groups is 1. The molecule has 4 aromatic carbocycles. The van der Waals surface area contributed by atoms with Crippen LogP contribution in [0, 0.1) is 47.4 Å². The number of phenols is 1. The van der Waals surface area contributed by atoms with Gasteiger partial charge in [-0.3, -0.25) is 19.5 Å². The fourth-order valence-electron chi connectivity index (χ4n) is 11.9. The van der Waals surface area contributed by atoms with Crippen LogP contribution in [-0.2, 0) is 9.59 Å². The number of halogens is 4. The summed E-state index contributed by atoms with van der Waals surface area (Å²) >= 11 is 0. The minimum Gasteiger partial charge on any atom is -0.508 e. The molecule has 3 aromatic heterocycles. The highest BCUT2D eigenvalue weighted by molar-refractivity contribution is 6.03. The lowest BCUT2D eigenvalue weighted by Gasteiger charge is -2.34. The van der Waals surface area contributed by atoms with Gasteiger partial charge in [-0.15, -0.1) is 6.42 Å². The van der Waals surface area contributed by atoms with E-state index in [0.29, 0.717) is 73.5 Å². The molecule has 2 bridgehead atoms. The third-order valence-electron chi connectivity index (χ3n) is 16.0. The molecule has 7 aromatic rings. The summed E-state index contributed by atoms with van der Waals surface area (Å²) in [6.45, 7) is 10.1. The van der Waals surface area contributed by atoms with E-state index in [1.165, 1.54) is 48.7 Å². The average molecular weight is 1080 g/mol. The average Bonchev–Trinajstić information content (AvgIpc) is 4.27. The lowest BCUT2D eigenvalue weighted by Crippen LogP contribution is -2.51. The van der Waals surface area contributed by atoms with Crippen LogP contribution in [0.5, 0.6) is 17.6 Å². The summed E-state index contributed by atoms with van der Waals surface area (Å²) in [6, 6.07) is 17.0. The van der Waals surface area contributed by atoms with E-state index in [1.807, 2.05) is 20.8 Å². The Morgan fingerprint density at radius 3 is 2.37 bits per heavy atom. The highest BCUT2D eigenvalue weighted by Gasteiger charge is 2.41. The van der Waals surface area contributed by atoms with Crippen molar-refractivity contribution < 1.29 is 46.3 Å². The van der Waals surface area contributed by atoms with Crippen molar-refractivity contribution in [3.05, 3.63) is 119 Å². The number of pyridine rings is 1. The van der Waals surface area contributed by atoms with Crippen LogP contribution >= 0.6 is 0 Å². The third-order valence-corrected chi connectivity index (χ3v) is 16.0. The van der Waals surface area contributed by atoms with Gasteiger partial charge in [-0.2, -0.15) is 9.97 Å². The third kappa shape index (κ3) is 10.9. The number of ether oxygens (including phenoxy) is 2. The van der Waals surface area contributed by atoms with Crippen LogP contribution in [0.2, 0.25) is 0 Å². The second-order valence-electron chi connectivity index (χ2n) is 21.6. The van der Waals surface area contributed by atoms with Gasteiger partial charge in [0.05, 0.1) is 29.2 Å². The fourth-order valence-corrected chi connectivity index (χ4v) is 11.9. The number of amides is 2. The summed E-state index contributed by atoms with van der Waals surface area (Å²) < 4.78 is 79.1. The van der Waals surface area contributed by atoms with Gasteiger partial charge < -0.3 is 39.5 Å². The van der Waals surface area contributed by atoms with Crippen molar-refractivity contribution in [2.45, 2.75) is 89.4 Å². The van der Waals surface area contributed by atoms with Gasteiger partial charge in [-0.25, -0.2) is 17.6 Å². The molecule has 79 heavy (non-hydrogen) atoms. The fraction of sp³-hybridized carbons (Fsp3) is 0.400. The number of carbonyl (C=O) groups is 2. The number of nitrogens with one attached hydrogen (secondary N) is 2. The molecule has 15 nitrogen and oxygen atoms in total. The first-order chi connectivity index (χ1) is 38.2. The summed E-state index contributed by atoms with van der Waals surface area (Å²) in [5, 5.41) is 22.6. The maximum atomic E-state index is 17.1. The van der Waals surface area contributed by atoms with Crippen molar-refractivity contribution in [3.63, 3.8) is 0 Å². The number of anilines is 1. The van der Waals surface area contributed by atoms with E-state index in [0.717, 1.165) is 44.3 Å². The number of rotatable bonds is 16. The second kappa shape index (κ2) is 22.5. The molecule has 4 aliphatic rings. The van der Waals surface area contributed by atoms with Crippen LogP contribution in [-0.4, -0.2) is 117 Å². The maximum Gasteiger partial charge on any atom is 0.319 e. The standard InChI is InChI=1S/C60H61F4N9O6/c1-5-42-45(61)18-15-38-26-41(74)27-43(52(38)42)55-54(64)56-44(29-65-55)57(72-30-39-16-17-40(31-72)67-39)69-60(68-56)77-25-24-71-22-19-35(20-23-71)32-78-50-28-49(79-70-50)51(33(2)3)59(76)73-21-7-10-48(73)58(75)66-34(4)36-11-13-37(14-12-36)53-46(62)8-6-9-47(53)63/h1,6,8-9,11-15,18,26-29,33-35,39-40,48,51,67,74H,7,10,16-17,19-25,30-32H2,2-4H3,(H,66,75)/t34-,39?,40?,48-,51+/m0/s1. The largest absolute Gasteiger partial charge is 0.508 e. The molecule has 5 atom stereocenters. The minimum atomic E-state index is -0.780. The summed E-state index contributed by atoms with van der Waals surface area (Å²) in [5.41, 5.74) is 0.910. The van der Waals surface area contributed by atoms with Crippen molar-refractivity contribution >= 4 is 39.3 Å². The Labute approximate surface area is 454 Å². The number of aromatic nitrogens is 4. The number of piperazine rings is 1. The summed E-state index contributed by atoms with van der Waals surface area (Å²) in [6.07, 6.45) is 12.1. The molecule has 4 aliphatic heterocycles. The molecule has 410 valence electrons. The Kier molecular flexibility index (Phi) is 15.2. The van der Waals surface area contributed by atoms with Gasteiger partial charge in [0.1, 0.15) is 58.8 Å². The molecule has 2 amide bonds. The molecule has 7 heterocycles. The van der Waals surface area contributed by atoms with E-state index in [-0.39, 0.29) is 93.3 Å². The van der Waals surface area contributed by atoms with Crippen molar-refractivity contribution in [1.82, 2.24) is 40.5 Å². The van der Waals surface area contributed by atoms with Gasteiger partial charge in [0.2, 0.25) is 11.8 Å². The number of piperidine rings is 1. The number of carbonyl (C=O) groups excluding carboxylic acids is 2. The topological polar surface area (TPSA) is 171 Å². The second-order valence-corrected chi connectivity index (χ2v) is 21.6. The first-order valence-electron chi connectivity index (χ1n) is 27.1. The van der Waals surface area contributed by atoms with Crippen molar-refractivity contribution in [2.24, 2.45) is 11.8 Å². The molecule has 3 N–H and O–H groups in total. The van der Waals surface area contributed by atoms with Gasteiger partial charge in [0.25, 0.3) is 5.88 Å². The smallest absolute Gasteiger partial charge is 0.319 e.